The number of nitrogens with zero attached hydrogens (tertiary/aromatic N) is 1. The molecule has 0 atom stereocenters. The number of rotatable bonds is 5. The zero-order valence-corrected chi connectivity index (χ0v) is 8.66. The van der Waals surface area contributed by atoms with E-state index in [1.165, 1.54) is 0 Å². The third-order valence-electron chi connectivity index (χ3n) is 1.70. The van der Waals surface area contributed by atoms with Crippen molar-refractivity contribution >= 4 is 6.21 Å². The van der Waals surface area contributed by atoms with Crippen molar-refractivity contribution in [2.24, 2.45) is 5.10 Å². The van der Waals surface area contributed by atoms with Gasteiger partial charge in [-0.25, -0.2) is 0 Å². The molecule has 0 fully saturated rings. The second kappa shape index (κ2) is 6.02. The largest absolute Gasteiger partial charge is 0.494 e. The molecule has 0 bridgehead atoms. The predicted octanol–water partition coefficient (Wildman–Crippen LogP) is 2.03. The second-order valence-corrected chi connectivity index (χ2v) is 2.90. The molecule has 3 heteroatoms. The van der Waals surface area contributed by atoms with Gasteiger partial charge >= 0.3 is 0 Å². The van der Waals surface area contributed by atoms with Gasteiger partial charge in [-0.2, -0.15) is 5.10 Å². The molecule has 0 heterocycles. The molecule has 76 valence electrons. The summed E-state index contributed by atoms with van der Waals surface area (Å²) in [5.41, 5.74) is 3.76. The SMILES string of the molecule is CCCOc1ccc(/C=N/NC)cc1. The van der Waals surface area contributed by atoms with Crippen LogP contribution in [0, 0.1) is 0 Å². The first kappa shape index (κ1) is 10.6. The molecule has 3 nitrogen and oxygen atoms in total. The van der Waals surface area contributed by atoms with Gasteiger partial charge < -0.3 is 10.2 Å². The summed E-state index contributed by atoms with van der Waals surface area (Å²) in [7, 11) is 1.77. The van der Waals surface area contributed by atoms with Crippen molar-refractivity contribution in [2.75, 3.05) is 13.7 Å². The highest BCUT2D eigenvalue weighted by atomic mass is 16.5. The van der Waals surface area contributed by atoms with Crippen LogP contribution < -0.4 is 10.2 Å². The average Bonchev–Trinajstić information content (AvgIpc) is 2.25. The lowest BCUT2D eigenvalue weighted by atomic mass is 10.2. The van der Waals surface area contributed by atoms with E-state index in [1.54, 1.807) is 13.3 Å². The maximum absolute atomic E-state index is 5.45. The van der Waals surface area contributed by atoms with E-state index >= 15 is 0 Å². The second-order valence-electron chi connectivity index (χ2n) is 2.90. The van der Waals surface area contributed by atoms with Gasteiger partial charge in [0.2, 0.25) is 0 Å². The van der Waals surface area contributed by atoms with Gasteiger partial charge in [0.25, 0.3) is 0 Å². The minimum atomic E-state index is 0.768. The third kappa shape index (κ3) is 3.47. The Morgan fingerprint density at radius 1 is 1.36 bits per heavy atom. The number of nitrogens with one attached hydrogen (secondary N) is 1. The maximum atomic E-state index is 5.45. The van der Waals surface area contributed by atoms with Gasteiger partial charge in [-0.3, -0.25) is 0 Å². The van der Waals surface area contributed by atoms with Gasteiger partial charge in [0.15, 0.2) is 0 Å². The predicted molar refractivity (Wildman–Crippen MR) is 58.9 cm³/mol. The Morgan fingerprint density at radius 2 is 2.07 bits per heavy atom. The lowest BCUT2D eigenvalue weighted by Crippen LogP contribution is -1.96. The first-order chi connectivity index (χ1) is 6.86. The van der Waals surface area contributed by atoms with Crippen molar-refractivity contribution in [3.63, 3.8) is 0 Å². The standard InChI is InChI=1S/C11H16N2O/c1-3-8-14-11-6-4-10(5-7-11)9-13-12-2/h4-7,9,12H,3,8H2,1-2H3/b13-9+. The van der Waals surface area contributed by atoms with E-state index in [9.17, 15) is 0 Å². The first-order valence-electron chi connectivity index (χ1n) is 4.79. The quantitative estimate of drug-likeness (QED) is 0.572. The molecule has 0 aliphatic rings. The summed E-state index contributed by atoms with van der Waals surface area (Å²) >= 11 is 0. The lowest BCUT2D eigenvalue weighted by molar-refractivity contribution is 0.317. The van der Waals surface area contributed by atoms with E-state index in [-0.39, 0.29) is 0 Å². The number of ether oxygens (including phenoxy) is 1. The molecular weight excluding hydrogens is 176 g/mol. The Hall–Kier alpha value is -1.51. The Labute approximate surface area is 84.8 Å². The molecule has 0 aromatic heterocycles. The molecule has 0 radical (unpaired) electrons. The molecular formula is C11H16N2O. The summed E-state index contributed by atoms with van der Waals surface area (Å²) in [6.07, 6.45) is 2.80. The van der Waals surface area contributed by atoms with E-state index in [2.05, 4.69) is 17.5 Å². The Kier molecular flexibility index (Phi) is 4.55. The minimum Gasteiger partial charge on any atom is -0.494 e. The van der Waals surface area contributed by atoms with Crippen LogP contribution in [0.4, 0.5) is 0 Å². The molecule has 0 aliphatic carbocycles. The number of hydrogen-bond acceptors (Lipinski definition) is 3. The van der Waals surface area contributed by atoms with Gasteiger partial charge in [-0.15, -0.1) is 0 Å². The smallest absolute Gasteiger partial charge is 0.119 e. The van der Waals surface area contributed by atoms with Crippen LogP contribution in [-0.4, -0.2) is 19.9 Å². The van der Waals surface area contributed by atoms with Crippen LogP contribution in [0.3, 0.4) is 0 Å². The minimum absolute atomic E-state index is 0.768. The van der Waals surface area contributed by atoms with Gasteiger partial charge in [-0.1, -0.05) is 6.92 Å². The molecule has 0 unspecified atom stereocenters. The molecule has 1 N–H and O–H groups in total. The molecule has 0 saturated heterocycles. The van der Waals surface area contributed by atoms with E-state index in [4.69, 9.17) is 4.74 Å². The zero-order valence-electron chi connectivity index (χ0n) is 8.66. The highest BCUT2D eigenvalue weighted by molar-refractivity contribution is 5.79. The van der Waals surface area contributed by atoms with E-state index in [0.29, 0.717) is 0 Å². The molecule has 1 aromatic carbocycles. The number of hydrogen-bond donors (Lipinski definition) is 1. The van der Waals surface area contributed by atoms with Gasteiger partial charge in [0, 0.05) is 7.05 Å². The van der Waals surface area contributed by atoms with E-state index < -0.39 is 0 Å². The molecule has 1 rings (SSSR count). The fourth-order valence-corrected chi connectivity index (χ4v) is 1.01. The molecule has 1 aromatic rings. The Balaban J connectivity index is 2.54. The van der Waals surface area contributed by atoms with Crippen LogP contribution in [0.15, 0.2) is 29.4 Å². The molecule has 0 amide bonds. The fourth-order valence-electron chi connectivity index (χ4n) is 1.01. The number of hydrazone groups is 1. The molecule has 14 heavy (non-hydrogen) atoms. The summed E-state index contributed by atoms with van der Waals surface area (Å²) in [5.74, 6) is 0.911. The van der Waals surface area contributed by atoms with Gasteiger partial charge in [-0.05, 0) is 36.2 Å². The molecule has 0 saturated carbocycles. The van der Waals surface area contributed by atoms with E-state index in [0.717, 1.165) is 24.3 Å². The molecule has 0 aliphatic heterocycles. The maximum Gasteiger partial charge on any atom is 0.119 e. The molecule has 0 spiro atoms. The van der Waals surface area contributed by atoms with Crippen molar-refractivity contribution < 1.29 is 4.74 Å². The van der Waals surface area contributed by atoms with Crippen LogP contribution in [0.5, 0.6) is 5.75 Å². The van der Waals surface area contributed by atoms with Crippen LogP contribution >= 0.6 is 0 Å². The lowest BCUT2D eigenvalue weighted by Gasteiger charge is -2.03. The third-order valence-corrected chi connectivity index (χ3v) is 1.70. The highest BCUT2D eigenvalue weighted by Crippen LogP contribution is 2.11. The topological polar surface area (TPSA) is 33.6 Å². The van der Waals surface area contributed by atoms with Gasteiger partial charge in [0.1, 0.15) is 5.75 Å². The van der Waals surface area contributed by atoms with Crippen molar-refractivity contribution in [2.45, 2.75) is 13.3 Å². The first-order valence-corrected chi connectivity index (χ1v) is 4.79. The zero-order chi connectivity index (χ0) is 10.2. The Morgan fingerprint density at radius 3 is 2.64 bits per heavy atom. The van der Waals surface area contributed by atoms with Crippen LogP contribution in [-0.2, 0) is 0 Å². The highest BCUT2D eigenvalue weighted by Gasteiger charge is 1.92. The van der Waals surface area contributed by atoms with Crippen molar-refractivity contribution in [3.8, 4) is 5.75 Å². The van der Waals surface area contributed by atoms with Crippen LogP contribution in [0.2, 0.25) is 0 Å². The monoisotopic (exact) mass is 192 g/mol. The van der Waals surface area contributed by atoms with Crippen molar-refractivity contribution in [1.29, 1.82) is 0 Å². The summed E-state index contributed by atoms with van der Waals surface area (Å²) in [6.45, 7) is 2.86. The van der Waals surface area contributed by atoms with Gasteiger partial charge in [0.05, 0.1) is 12.8 Å². The summed E-state index contributed by atoms with van der Waals surface area (Å²) in [6, 6.07) is 7.86. The number of benzene rings is 1. The van der Waals surface area contributed by atoms with Crippen molar-refractivity contribution in [1.82, 2.24) is 5.43 Å². The van der Waals surface area contributed by atoms with Crippen LogP contribution in [0.1, 0.15) is 18.9 Å². The summed E-state index contributed by atoms with van der Waals surface area (Å²) < 4.78 is 5.45. The summed E-state index contributed by atoms with van der Waals surface area (Å²) in [4.78, 5) is 0. The van der Waals surface area contributed by atoms with Crippen LogP contribution in [0.25, 0.3) is 0 Å². The summed E-state index contributed by atoms with van der Waals surface area (Å²) in [5, 5.41) is 3.92. The van der Waals surface area contributed by atoms with E-state index in [1.807, 2.05) is 24.3 Å². The normalized spacial score (nSPS) is 10.4. The Bertz CT molecular complexity index is 280. The van der Waals surface area contributed by atoms with Crippen molar-refractivity contribution in [3.05, 3.63) is 29.8 Å². The average molecular weight is 192 g/mol. The fraction of sp³-hybridized carbons (Fsp3) is 0.364.